The highest BCUT2D eigenvalue weighted by atomic mass is 16.6. The Morgan fingerprint density at radius 2 is 2.07 bits per heavy atom. The maximum atomic E-state index is 12.4. The summed E-state index contributed by atoms with van der Waals surface area (Å²) in [7, 11) is 3.38. The Morgan fingerprint density at radius 1 is 1.32 bits per heavy atom. The molecular formula is C18H20N6O4. The standard InChI is InChI=1S/C18H20N6O4/c1-11(18(26)19-8-12-9-20-22(2)10-12)21-15-7-17(25)23(3)16-5-4-13(24(27)28)6-14(15)16/h4-7,9-11,21H,8H2,1-3H3,(H,19,26)/t11-/m1/s1. The fourth-order valence-corrected chi connectivity index (χ4v) is 2.89. The maximum Gasteiger partial charge on any atom is 0.270 e. The van der Waals surface area contributed by atoms with E-state index in [9.17, 15) is 19.7 Å². The summed E-state index contributed by atoms with van der Waals surface area (Å²) in [5.74, 6) is -0.275. The molecule has 28 heavy (non-hydrogen) atoms. The number of aromatic nitrogens is 3. The molecule has 0 bridgehead atoms. The maximum absolute atomic E-state index is 12.4. The topological polar surface area (TPSA) is 124 Å². The third kappa shape index (κ3) is 3.85. The van der Waals surface area contributed by atoms with Crippen LogP contribution in [0.4, 0.5) is 11.4 Å². The summed E-state index contributed by atoms with van der Waals surface area (Å²) < 4.78 is 3.04. The fourth-order valence-electron chi connectivity index (χ4n) is 2.89. The Balaban J connectivity index is 1.84. The van der Waals surface area contributed by atoms with Crippen LogP contribution in [0.25, 0.3) is 10.9 Å². The number of nitro benzene ring substituents is 1. The molecule has 1 atom stereocenters. The molecule has 10 heteroatoms. The molecule has 0 saturated carbocycles. The zero-order valence-corrected chi connectivity index (χ0v) is 15.7. The normalized spacial score (nSPS) is 12.0. The Morgan fingerprint density at radius 3 is 2.71 bits per heavy atom. The Hall–Kier alpha value is -3.69. The van der Waals surface area contributed by atoms with Gasteiger partial charge in [-0.3, -0.25) is 24.4 Å². The van der Waals surface area contributed by atoms with Crippen molar-refractivity contribution in [2.45, 2.75) is 19.5 Å². The number of hydrogen-bond acceptors (Lipinski definition) is 6. The second-order valence-corrected chi connectivity index (χ2v) is 6.52. The summed E-state index contributed by atoms with van der Waals surface area (Å²) in [6.07, 6.45) is 3.46. The van der Waals surface area contributed by atoms with E-state index in [1.165, 1.54) is 28.8 Å². The number of rotatable bonds is 6. The molecule has 1 aromatic carbocycles. The third-order valence-electron chi connectivity index (χ3n) is 4.43. The van der Waals surface area contributed by atoms with Crippen LogP contribution in [0.5, 0.6) is 0 Å². The first kappa shape index (κ1) is 19.1. The van der Waals surface area contributed by atoms with Crippen LogP contribution in [0.2, 0.25) is 0 Å². The number of pyridine rings is 1. The van der Waals surface area contributed by atoms with Gasteiger partial charge in [0.15, 0.2) is 0 Å². The largest absolute Gasteiger partial charge is 0.373 e. The average Bonchev–Trinajstić information content (AvgIpc) is 3.08. The number of nitrogens with one attached hydrogen (secondary N) is 2. The Kier molecular flexibility index (Phi) is 5.12. The molecule has 146 valence electrons. The number of aryl methyl sites for hydroxylation is 2. The number of fused-ring (bicyclic) bond motifs is 1. The molecule has 0 saturated heterocycles. The molecule has 10 nitrogen and oxygen atoms in total. The van der Waals surface area contributed by atoms with Crippen molar-refractivity contribution in [1.29, 1.82) is 0 Å². The summed E-state index contributed by atoms with van der Waals surface area (Å²) in [5, 5.41) is 21.4. The highest BCUT2D eigenvalue weighted by Gasteiger charge is 2.17. The molecule has 3 aromatic rings. The SMILES string of the molecule is C[C@@H](Nc1cc(=O)n(C)c2ccc([N+](=O)[O-])cc12)C(=O)NCc1cnn(C)c1. The Labute approximate surface area is 159 Å². The number of nitrogens with zero attached hydrogens (tertiary/aromatic N) is 4. The van der Waals surface area contributed by atoms with Gasteiger partial charge in [0.2, 0.25) is 5.91 Å². The van der Waals surface area contributed by atoms with Crippen LogP contribution < -0.4 is 16.2 Å². The van der Waals surface area contributed by atoms with E-state index in [4.69, 9.17) is 0 Å². The van der Waals surface area contributed by atoms with E-state index in [0.717, 1.165) is 5.56 Å². The van der Waals surface area contributed by atoms with Gasteiger partial charge in [-0.15, -0.1) is 0 Å². The van der Waals surface area contributed by atoms with Crippen molar-refractivity contribution in [3.05, 3.63) is 62.7 Å². The number of non-ortho nitro benzene ring substituents is 1. The van der Waals surface area contributed by atoms with E-state index in [1.54, 1.807) is 38.1 Å². The second-order valence-electron chi connectivity index (χ2n) is 6.52. The van der Waals surface area contributed by atoms with E-state index in [0.29, 0.717) is 23.1 Å². The van der Waals surface area contributed by atoms with Crippen LogP contribution in [0.3, 0.4) is 0 Å². The van der Waals surface area contributed by atoms with Crippen LogP contribution in [0.15, 0.2) is 41.5 Å². The molecular weight excluding hydrogens is 364 g/mol. The number of carbonyl (C=O) groups is 1. The zero-order valence-electron chi connectivity index (χ0n) is 15.7. The van der Waals surface area contributed by atoms with Crippen molar-refractivity contribution < 1.29 is 9.72 Å². The van der Waals surface area contributed by atoms with E-state index >= 15 is 0 Å². The minimum Gasteiger partial charge on any atom is -0.373 e. The van der Waals surface area contributed by atoms with Gasteiger partial charge in [-0.1, -0.05) is 0 Å². The molecule has 0 unspecified atom stereocenters. The molecule has 0 aliphatic rings. The van der Waals surface area contributed by atoms with Gasteiger partial charge < -0.3 is 15.2 Å². The average molecular weight is 384 g/mol. The van der Waals surface area contributed by atoms with Gasteiger partial charge in [-0.25, -0.2) is 0 Å². The molecule has 2 N–H and O–H groups in total. The highest BCUT2D eigenvalue weighted by molar-refractivity contribution is 5.95. The van der Waals surface area contributed by atoms with Crippen LogP contribution in [0, 0.1) is 10.1 Å². The van der Waals surface area contributed by atoms with Gasteiger partial charge >= 0.3 is 0 Å². The lowest BCUT2D eigenvalue weighted by Crippen LogP contribution is -2.37. The number of nitro groups is 1. The lowest BCUT2D eigenvalue weighted by atomic mass is 10.1. The molecule has 3 rings (SSSR count). The lowest BCUT2D eigenvalue weighted by molar-refractivity contribution is -0.384. The summed E-state index contributed by atoms with van der Waals surface area (Å²) in [4.78, 5) is 35.2. The number of benzene rings is 1. The van der Waals surface area contributed by atoms with Crippen LogP contribution >= 0.6 is 0 Å². The molecule has 0 fully saturated rings. The van der Waals surface area contributed by atoms with Gasteiger partial charge in [0.25, 0.3) is 11.2 Å². The number of carbonyl (C=O) groups excluding carboxylic acids is 1. The smallest absolute Gasteiger partial charge is 0.270 e. The van der Waals surface area contributed by atoms with Gasteiger partial charge in [-0.2, -0.15) is 5.10 Å². The quantitative estimate of drug-likeness (QED) is 0.488. The predicted octanol–water partition coefficient (Wildman–Crippen LogP) is 1.30. The predicted molar refractivity (Wildman–Crippen MR) is 104 cm³/mol. The summed E-state index contributed by atoms with van der Waals surface area (Å²) >= 11 is 0. The molecule has 2 aromatic heterocycles. The van der Waals surface area contributed by atoms with Crippen molar-refractivity contribution in [3.63, 3.8) is 0 Å². The molecule has 2 heterocycles. The first-order valence-corrected chi connectivity index (χ1v) is 8.56. The second kappa shape index (κ2) is 7.51. The first-order valence-electron chi connectivity index (χ1n) is 8.56. The monoisotopic (exact) mass is 384 g/mol. The van der Waals surface area contributed by atoms with Gasteiger partial charge in [0.1, 0.15) is 6.04 Å². The lowest BCUT2D eigenvalue weighted by Gasteiger charge is -2.17. The van der Waals surface area contributed by atoms with Gasteiger partial charge in [0.05, 0.1) is 16.6 Å². The van der Waals surface area contributed by atoms with E-state index in [-0.39, 0.29) is 17.2 Å². The Bertz CT molecular complexity index is 1120. The number of amides is 1. The third-order valence-corrected chi connectivity index (χ3v) is 4.43. The molecule has 0 spiro atoms. The summed E-state index contributed by atoms with van der Waals surface area (Å²) in [6, 6.07) is 4.92. The fraction of sp³-hybridized carbons (Fsp3) is 0.278. The summed E-state index contributed by atoms with van der Waals surface area (Å²) in [5.41, 5.74) is 1.38. The molecule has 0 aliphatic carbocycles. The zero-order chi connectivity index (χ0) is 20.4. The minimum absolute atomic E-state index is 0.0946. The minimum atomic E-state index is -0.661. The number of anilines is 1. The molecule has 1 amide bonds. The van der Waals surface area contributed by atoms with E-state index < -0.39 is 11.0 Å². The van der Waals surface area contributed by atoms with Gasteiger partial charge in [0, 0.05) is 61.7 Å². The van der Waals surface area contributed by atoms with Gasteiger partial charge in [-0.05, 0) is 13.0 Å². The van der Waals surface area contributed by atoms with Crippen molar-refractivity contribution in [3.8, 4) is 0 Å². The van der Waals surface area contributed by atoms with E-state index in [2.05, 4.69) is 15.7 Å². The first-order chi connectivity index (χ1) is 13.3. The van der Waals surface area contributed by atoms with Crippen molar-refractivity contribution in [2.24, 2.45) is 14.1 Å². The highest BCUT2D eigenvalue weighted by Crippen LogP contribution is 2.26. The summed E-state index contributed by atoms with van der Waals surface area (Å²) in [6.45, 7) is 1.97. The van der Waals surface area contributed by atoms with Crippen LogP contribution in [-0.4, -0.2) is 31.2 Å². The molecule has 0 aliphatic heterocycles. The van der Waals surface area contributed by atoms with Crippen molar-refractivity contribution in [1.82, 2.24) is 19.7 Å². The van der Waals surface area contributed by atoms with Crippen LogP contribution in [-0.2, 0) is 25.4 Å². The van der Waals surface area contributed by atoms with E-state index in [1.807, 2.05) is 0 Å². The van der Waals surface area contributed by atoms with Crippen LogP contribution in [0.1, 0.15) is 12.5 Å². The van der Waals surface area contributed by atoms with Crippen molar-refractivity contribution in [2.75, 3.05) is 5.32 Å². The number of hydrogen-bond donors (Lipinski definition) is 2. The molecule has 0 radical (unpaired) electrons. The van der Waals surface area contributed by atoms with Crippen molar-refractivity contribution >= 4 is 28.2 Å².